The number of H-pyrrole nitrogens is 2. The molecule has 0 spiro atoms. The minimum atomic E-state index is -0.316. The molecule has 3 N–H and O–H groups in total. The van der Waals surface area contributed by atoms with Crippen LogP contribution in [0.2, 0.25) is 0 Å². The summed E-state index contributed by atoms with van der Waals surface area (Å²) in [4.78, 5) is 33.9. The zero-order valence-corrected chi connectivity index (χ0v) is 14.2. The molecule has 0 atom stereocenters. The third-order valence-corrected chi connectivity index (χ3v) is 4.85. The van der Waals surface area contributed by atoms with Gasteiger partial charge in [0.25, 0.3) is 5.91 Å². The van der Waals surface area contributed by atoms with Gasteiger partial charge in [0.1, 0.15) is 17.8 Å². The summed E-state index contributed by atoms with van der Waals surface area (Å²) in [6.45, 7) is 3.42. The Kier molecular flexibility index (Phi) is 3.03. The predicted octanol–water partition coefficient (Wildman–Crippen LogP) is 1.84. The largest absolute Gasteiger partial charge is 0.360 e. The Morgan fingerprint density at radius 1 is 1.15 bits per heavy atom. The summed E-state index contributed by atoms with van der Waals surface area (Å²) < 4.78 is 0. The van der Waals surface area contributed by atoms with Crippen LogP contribution in [0.15, 0.2) is 43.2 Å². The standard InChI is InChI=1S/C18H17N7O/c1-18(24-17(26)13-6-19-7-14-11(13)2-4-20-14)8-25(9-18)16-12-3-5-21-15(12)22-10-23-16/h2-7,10,20H,8-9H2,1H3,(H,24,26)(H,21,22,23). The van der Waals surface area contributed by atoms with Gasteiger partial charge in [0, 0.05) is 37.1 Å². The van der Waals surface area contributed by atoms with Gasteiger partial charge >= 0.3 is 0 Å². The van der Waals surface area contributed by atoms with E-state index in [1.807, 2.05) is 31.5 Å². The quantitative estimate of drug-likeness (QED) is 0.525. The van der Waals surface area contributed by atoms with Crippen LogP contribution < -0.4 is 10.2 Å². The van der Waals surface area contributed by atoms with E-state index in [0.717, 1.165) is 27.8 Å². The van der Waals surface area contributed by atoms with E-state index in [-0.39, 0.29) is 11.4 Å². The number of hydrogen-bond acceptors (Lipinski definition) is 5. The Bertz CT molecular complexity index is 1120. The predicted molar refractivity (Wildman–Crippen MR) is 98.1 cm³/mol. The van der Waals surface area contributed by atoms with Crippen LogP contribution in [0.3, 0.4) is 0 Å². The molecule has 1 saturated heterocycles. The molecule has 4 aromatic heterocycles. The van der Waals surface area contributed by atoms with Gasteiger partial charge in [-0.15, -0.1) is 0 Å². The number of aromatic nitrogens is 5. The van der Waals surface area contributed by atoms with Crippen molar-refractivity contribution in [2.24, 2.45) is 0 Å². The fourth-order valence-corrected chi connectivity index (χ4v) is 3.64. The molecule has 26 heavy (non-hydrogen) atoms. The van der Waals surface area contributed by atoms with Gasteiger partial charge in [0.05, 0.1) is 28.2 Å². The first kappa shape index (κ1) is 14.9. The molecule has 130 valence electrons. The zero-order chi connectivity index (χ0) is 17.7. The molecule has 4 aromatic rings. The van der Waals surface area contributed by atoms with E-state index in [2.05, 4.69) is 35.1 Å². The third-order valence-electron chi connectivity index (χ3n) is 4.85. The number of nitrogens with zero attached hydrogens (tertiary/aromatic N) is 4. The molecular formula is C18H17N7O. The van der Waals surface area contributed by atoms with Gasteiger partial charge in [0.2, 0.25) is 0 Å². The minimum Gasteiger partial charge on any atom is -0.360 e. The molecule has 8 heteroatoms. The second-order valence-corrected chi connectivity index (χ2v) is 6.93. The maximum absolute atomic E-state index is 12.8. The Morgan fingerprint density at radius 2 is 1.96 bits per heavy atom. The molecule has 8 nitrogen and oxygen atoms in total. The number of pyridine rings is 1. The maximum atomic E-state index is 12.8. The monoisotopic (exact) mass is 347 g/mol. The molecule has 0 aromatic carbocycles. The average Bonchev–Trinajstić information content (AvgIpc) is 3.27. The number of carbonyl (C=O) groups excluding carboxylic acids is 1. The van der Waals surface area contributed by atoms with Crippen molar-refractivity contribution in [1.82, 2.24) is 30.2 Å². The van der Waals surface area contributed by atoms with Crippen molar-refractivity contribution >= 4 is 33.7 Å². The molecule has 0 unspecified atom stereocenters. The molecule has 1 amide bonds. The van der Waals surface area contributed by atoms with Gasteiger partial charge in [0.15, 0.2) is 0 Å². The number of fused-ring (bicyclic) bond motifs is 2. The highest BCUT2D eigenvalue weighted by Gasteiger charge is 2.41. The van der Waals surface area contributed by atoms with Crippen LogP contribution in [0.5, 0.6) is 0 Å². The van der Waals surface area contributed by atoms with Gasteiger partial charge < -0.3 is 20.2 Å². The highest BCUT2D eigenvalue weighted by atomic mass is 16.1. The second-order valence-electron chi connectivity index (χ2n) is 6.93. The summed E-state index contributed by atoms with van der Waals surface area (Å²) >= 11 is 0. The van der Waals surface area contributed by atoms with Crippen molar-refractivity contribution in [3.8, 4) is 0 Å². The van der Waals surface area contributed by atoms with E-state index < -0.39 is 0 Å². The first-order chi connectivity index (χ1) is 12.6. The van der Waals surface area contributed by atoms with Crippen molar-refractivity contribution in [3.05, 3.63) is 48.8 Å². The van der Waals surface area contributed by atoms with Gasteiger partial charge in [-0.3, -0.25) is 9.78 Å². The number of carbonyl (C=O) groups is 1. The molecule has 0 radical (unpaired) electrons. The van der Waals surface area contributed by atoms with Crippen LogP contribution in [-0.4, -0.2) is 49.5 Å². The molecule has 1 aliphatic heterocycles. The van der Waals surface area contributed by atoms with Crippen molar-refractivity contribution in [3.63, 3.8) is 0 Å². The van der Waals surface area contributed by atoms with E-state index in [9.17, 15) is 4.79 Å². The molecule has 5 rings (SSSR count). The number of amides is 1. The molecule has 0 saturated carbocycles. The molecular weight excluding hydrogens is 330 g/mol. The van der Waals surface area contributed by atoms with Gasteiger partial charge in [-0.2, -0.15) is 0 Å². The Labute approximate surface area is 148 Å². The highest BCUT2D eigenvalue weighted by Crippen LogP contribution is 2.31. The first-order valence-electron chi connectivity index (χ1n) is 8.40. The number of aromatic amines is 2. The van der Waals surface area contributed by atoms with Crippen LogP contribution in [-0.2, 0) is 0 Å². The second kappa shape index (κ2) is 5.29. The van der Waals surface area contributed by atoms with Gasteiger partial charge in [-0.25, -0.2) is 9.97 Å². The SMILES string of the molecule is CC1(NC(=O)c2cncc3[nH]ccc23)CN(c2ncnc3[nH]ccc23)C1. The van der Waals surface area contributed by atoms with E-state index >= 15 is 0 Å². The smallest absolute Gasteiger partial charge is 0.254 e. The Balaban J connectivity index is 1.35. The van der Waals surface area contributed by atoms with E-state index in [4.69, 9.17) is 0 Å². The Morgan fingerprint density at radius 3 is 2.85 bits per heavy atom. The maximum Gasteiger partial charge on any atom is 0.254 e. The highest BCUT2D eigenvalue weighted by molar-refractivity contribution is 6.06. The summed E-state index contributed by atoms with van der Waals surface area (Å²) in [6.07, 6.45) is 8.55. The average molecular weight is 347 g/mol. The van der Waals surface area contributed by atoms with Crippen molar-refractivity contribution < 1.29 is 4.79 Å². The lowest BCUT2D eigenvalue weighted by Gasteiger charge is -2.49. The topological polar surface area (TPSA) is 103 Å². The van der Waals surface area contributed by atoms with Crippen LogP contribution in [0.1, 0.15) is 17.3 Å². The number of hydrogen-bond donors (Lipinski definition) is 3. The first-order valence-corrected chi connectivity index (χ1v) is 8.40. The lowest BCUT2D eigenvalue weighted by atomic mass is 9.91. The summed E-state index contributed by atoms with van der Waals surface area (Å²) in [6, 6.07) is 3.86. The molecule has 1 aliphatic rings. The van der Waals surface area contributed by atoms with Crippen molar-refractivity contribution in [1.29, 1.82) is 0 Å². The van der Waals surface area contributed by atoms with E-state index in [1.54, 1.807) is 18.7 Å². The summed E-state index contributed by atoms with van der Waals surface area (Å²) in [7, 11) is 0. The van der Waals surface area contributed by atoms with E-state index in [0.29, 0.717) is 18.7 Å². The lowest BCUT2D eigenvalue weighted by Crippen LogP contribution is -2.69. The van der Waals surface area contributed by atoms with Crippen molar-refractivity contribution in [2.45, 2.75) is 12.5 Å². The van der Waals surface area contributed by atoms with Crippen LogP contribution in [0, 0.1) is 0 Å². The number of anilines is 1. The van der Waals surface area contributed by atoms with Crippen LogP contribution in [0.4, 0.5) is 5.82 Å². The molecule has 5 heterocycles. The molecule has 1 fully saturated rings. The van der Waals surface area contributed by atoms with Gasteiger partial charge in [-0.1, -0.05) is 0 Å². The lowest BCUT2D eigenvalue weighted by molar-refractivity contribution is 0.0890. The molecule has 0 bridgehead atoms. The number of rotatable bonds is 3. The normalized spacial score (nSPS) is 16.0. The summed E-state index contributed by atoms with van der Waals surface area (Å²) in [5.41, 5.74) is 1.94. The fourth-order valence-electron chi connectivity index (χ4n) is 3.64. The summed E-state index contributed by atoms with van der Waals surface area (Å²) in [5, 5.41) is 5.01. The third kappa shape index (κ3) is 2.22. The summed E-state index contributed by atoms with van der Waals surface area (Å²) in [5.74, 6) is 0.775. The molecule has 0 aliphatic carbocycles. The zero-order valence-electron chi connectivity index (χ0n) is 14.2. The fraction of sp³-hybridized carbons (Fsp3) is 0.222. The van der Waals surface area contributed by atoms with E-state index in [1.165, 1.54) is 0 Å². The van der Waals surface area contributed by atoms with Crippen molar-refractivity contribution in [2.75, 3.05) is 18.0 Å². The van der Waals surface area contributed by atoms with Gasteiger partial charge in [-0.05, 0) is 19.1 Å². The minimum absolute atomic E-state index is 0.112. The van der Waals surface area contributed by atoms with Crippen LogP contribution in [0.25, 0.3) is 21.9 Å². The van der Waals surface area contributed by atoms with Crippen LogP contribution >= 0.6 is 0 Å². The number of nitrogens with one attached hydrogen (secondary N) is 3. The Hall–Kier alpha value is -3.42.